The third kappa shape index (κ3) is 3.21. The molecule has 1 aromatic rings. The van der Waals surface area contributed by atoms with Crippen LogP contribution in [0.4, 0.5) is 0 Å². The summed E-state index contributed by atoms with van der Waals surface area (Å²) >= 11 is 0. The van der Waals surface area contributed by atoms with Crippen molar-refractivity contribution in [1.29, 1.82) is 0 Å². The standard InChI is InChI=1S/C19H24N2O3/c1-13-10-14(2)12-20(11-13)17(22)8-5-9-21-18(23)15-6-3-4-7-16(15)19(21)24/h3-4,6-7,13-14H,5,8-12H2,1-2H3/t13-,14-/m0/s1. The van der Waals surface area contributed by atoms with Crippen molar-refractivity contribution in [2.24, 2.45) is 11.8 Å². The summed E-state index contributed by atoms with van der Waals surface area (Å²) in [5, 5.41) is 0. The second-order valence-electron chi connectivity index (χ2n) is 7.16. The Morgan fingerprint density at radius 2 is 1.58 bits per heavy atom. The molecule has 128 valence electrons. The van der Waals surface area contributed by atoms with Crippen LogP contribution in [0.15, 0.2) is 24.3 Å². The lowest BCUT2D eigenvalue weighted by Gasteiger charge is -2.35. The van der Waals surface area contributed by atoms with Crippen molar-refractivity contribution in [1.82, 2.24) is 9.80 Å². The van der Waals surface area contributed by atoms with Crippen LogP contribution in [0, 0.1) is 11.8 Å². The Morgan fingerprint density at radius 3 is 2.12 bits per heavy atom. The van der Waals surface area contributed by atoms with E-state index in [1.54, 1.807) is 24.3 Å². The van der Waals surface area contributed by atoms with E-state index in [-0.39, 0.29) is 17.7 Å². The van der Waals surface area contributed by atoms with Gasteiger partial charge in [0.1, 0.15) is 0 Å². The van der Waals surface area contributed by atoms with E-state index in [4.69, 9.17) is 0 Å². The molecule has 0 spiro atoms. The number of hydrogen-bond donors (Lipinski definition) is 0. The van der Waals surface area contributed by atoms with Crippen molar-refractivity contribution in [3.8, 4) is 0 Å². The molecule has 1 fully saturated rings. The second kappa shape index (κ2) is 6.75. The van der Waals surface area contributed by atoms with Crippen LogP contribution >= 0.6 is 0 Å². The van der Waals surface area contributed by atoms with Crippen LogP contribution in [0.5, 0.6) is 0 Å². The SMILES string of the molecule is C[C@H]1C[C@H](C)CN(C(=O)CCCN2C(=O)c3ccccc3C2=O)C1. The number of carbonyl (C=O) groups excluding carboxylic acids is 3. The molecule has 0 N–H and O–H groups in total. The minimum atomic E-state index is -0.247. The summed E-state index contributed by atoms with van der Waals surface area (Å²) in [5.41, 5.74) is 0.931. The summed E-state index contributed by atoms with van der Waals surface area (Å²) in [6, 6.07) is 6.87. The highest BCUT2D eigenvalue weighted by atomic mass is 16.2. The van der Waals surface area contributed by atoms with Crippen LogP contribution < -0.4 is 0 Å². The predicted molar refractivity (Wildman–Crippen MR) is 90.6 cm³/mol. The minimum Gasteiger partial charge on any atom is -0.342 e. The van der Waals surface area contributed by atoms with Crippen molar-refractivity contribution in [3.05, 3.63) is 35.4 Å². The van der Waals surface area contributed by atoms with Crippen molar-refractivity contribution in [3.63, 3.8) is 0 Å². The summed E-state index contributed by atoms with van der Waals surface area (Å²) in [6.07, 6.45) is 2.06. The first kappa shape index (κ1) is 16.7. The van der Waals surface area contributed by atoms with Gasteiger partial charge in [0.15, 0.2) is 0 Å². The number of imide groups is 1. The maximum atomic E-state index is 12.4. The van der Waals surface area contributed by atoms with Gasteiger partial charge in [-0.3, -0.25) is 19.3 Å². The predicted octanol–water partition coefficient (Wildman–Crippen LogP) is 2.57. The molecule has 0 aliphatic carbocycles. The molecule has 0 radical (unpaired) electrons. The van der Waals surface area contributed by atoms with Gasteiger partial charge in [0.2, 0.25) is 5.91 Å². The van der Waals surface area contributed by atoms with E-state index in [9.17, 15) is 14.4 Å². The summed E-state index contributed by atoms with van der Waals surface area (Å²) in [6.45, 7) is 6.28. The van der Waals surface area contributed by atoms with Crippen LogP contribution in [-0.4, -0.2) is 47.2 Å². The molecule has 0 saturated carbocycles. The van der Waals surface area contributed by atoms with Gasteiger partial charge in [-0.05, 0) is 36.8 Å². The maximum absolute atomic E-state index is 12.4. The lowest BCUT2D eigenvalue weighted by molar-refractivity contribution is -0.134. The molecule has 0 unspecified atom stereocenters. The van der Waals surface area contributed by atoms with Crippen molar-refractivity contribution >= 4 is 17.7 Å². The van der Waals surface area contributed by atoms with Gasteiger partial charge >= 0.3 is 0 Å². The molecule has 3 rings (SSSR count). The number of rotatable bonds is 4. The molecule has 1 aromatic carbocycles. The van der Waals surface area contributed by atoms with Crippen LogP contribution in [0.25, 0.3) is 0 Å². The molecule has 24 heavy (non-hydrogen) atoms. The van der Waals surface area contributed by atoms with Gasteiger partial charge in [-0.15, -0.1) is 0 Å². The number of fused-ring (bicyclic) bond motifs is 1. The Hall–Kier alpha value is -2.17. The average molecular weight is 328 g/mol. The van der Waals surface area contributed by atoms with Gasteiger partial charge in [0.25, 0.3) is 11.8 Å². The van der Waals surface area contributed by atoms with E-state index in [0.29, 0.717) is 42.3 Å². The van der Waals surface area contributed by atoms with Crippen LogP contribution in [0.1, 0.15) is 53.8 Å². The molecule has 5 heteroatoms. The number of amides is 3. The fourth-order valence-electron chi connectivity index (χ4n) is 3.86. The average Bonchev–Trinajstić information content (AvgIpc) is 2.79. The molecule has 2 aliphatic heterocycles. The van der Waals surface area contributed by atoms with E-state index >= 15 is 0 Å². The van der Waals surface area contributed by atoms with E-state index in [1.165, 1.54) is 11.3 Å². The van der Waals surface area contributed by atoms with E-state index in [2.05, 4.69) is 13.8 Å². The molecule has 0 bridgehead atoms. The van der Waals surface area contributed by atoms with Gasteiger partial charge in [-0.1, -0.05) is 26.0 Å². The summed E-state index contributed by atoms with van der Waals surface area (Å²) in [5.74, 6) is 0.708. The number of piperidine rings is 1. The molecule has 2 aliphatic rings. The molecule has 3 amide bonds. The molecule has 2 heterocycles. The van der Waals surface area contributed by atoms with Gasteiger partial charge in [-0.25, -0.2) is 0 Å². The Morgan fingerprint density at radius 1 is 1.04 bits per heavy atom. The van der Waals surface area contributed by atoms with Crippen LogP contribution in [0.3, 0.4) is 0 Å². The highest BCUT2D eigenvalue weighted by Gasteiger charge is 2.34. The number of nitrogens with zero attached hydrogens (tertiary/aromatic N) is 2. The fraction of sp³-hybridized carbons (Fsp3) is 0.526. The molecule has 5 nitrogen and oxygen atoms in total. The first-order valence-electron chi connectivity index (χ1n) is 8.70. The van der Waals surface area contributed by atoms with Crippen molar-refractivity contribution < 1.29 is 14.4 Å². The zero-order valence-corrected chi connectivity index (χ0v) is 14.3. The summed E-state index contributed by atoms with van der Waals surface area (Å²) in [4.78, 5) is 40.1. The van der Waals surface area contributed by atoms with Gasteiger partial charge < -0.3 is 4.90 Å². The molecular weight excluding hydrogens is 304 g/mol. The minimum absolute atomic E-state index is 0.130. The molecule has 2 atom stereocenters. The van der Waals surface area contributed by atoms with Gasteiger partial charge in [-0.2, -0.15) is 0 Å². The summed E-state index contributed by atoms with van der Waals surface area (Å²) < 4.78 is 0. The van der Waals surface area contributed by atoms with E-state index in [0.717, 1.165) is 13.1 Å². The number of benzene rings is 1. The Kier molecular flexibility index (Phi) is 4.69. The Balaban J connectivity index is 1.53. The quantitative estimate of drug-likeness (QED) is 0.798. The molecule has 1 saturated heterocycles. The molecular formula is C19H24N2O3. The maximum Gasteiger partial charge on any atom is 0.261 e. The van der Waals surface area contributed by atoms with Gasteiger partial charge in [0.05, 0.1) is 11.1 Å². The third-order valence-corrected chi connectivity index (χ3v) is 4.87. The fourth-order valence-corrected chi connectivity index (χ4v) is 3.86. The second-order valence-corrected chi connectivity index (χ2v) is 7.16. The summed E-state index contributed by atoms with van der Waals surface area (Å²) in [7, 11) is 0. The third-order valence-electron chi connectivity index (χ3n) is 4.87. The number of likely N-dealkylation sites (tertiary alicyclic amines) is 1. The highest BCUT2D eigenvalue weighted by molar-refractivity contribution is 6.21. The lowest BCUT2D eigenvalue weighted by atomic mass is 9.91. The lowest BCUT2D eigenvalue weighted by Crippen LogP contribution is -2.42. The van der Waals surface area contributed by atoms with Crippen molar-refractivity contribution in [2.75, 3.05) is 19.6 Å². The Bertz CT molecular complexity index is 625. The van der Waals surface area contributed by atoms with E-state index < -0.39 is 0 Å². The zero-order chi connectivity index (χ0) is 17.3. The smallest absolute Gasteiger partial charge is 0.261 e. The van der Waals surface area contributed by atoms with Gasteiger partial charge in [0, 0.05) is 26.1 Å². The molecule has 0 aromatic heterocycles. The largest absolute Gasteiger partial charge is 0.342 e. The first-order valence-corrected chi connectivity index (χ1v) is 8.70. The Labute approximate surface area is 142 Å². The number of carbonyl (C=O) groups is 3. The normalized spacial score (nSPS) is 23.6. The van der Waals surface area contributed by atoms with Crippen molar-refractivity contribution in [2.45, 2.75) is 33.1 Å². The van der Waals surface area contributed by atoms with E-state index in [1.807, 2.05) is 4.90 Å². The van der Waals surface area contributed by atoms with Crippen LogP contribution in [0.2, 0.25) is 0 Å². The monoisotopic (exact) mass is 328 g/mol. The topological polar surface area (TPSA) is 57.7 Å². The van der Waals surface area contributed by atoms with Crippen LogP contribution in [-0.2, 0) is 4.79 Å². The first-order chi connectivity index (χ1) is 11.5. The number of hydrogen-bond acceptors (Lipinski definition) is 3. The zero-order valence-electron chi connectivity index (χ0n) is 14.3. The highest BCUT2D eigenvalue weighted by Crippen LogP contribution is 2.24.